The predicted molar refractivity (Wildman–Crippen MR) is 130 cm³/mol. The number of oxime groups is 1. The molecule has 11 nitrogen and oxygen atoms in total. The highest BCUT2D eigenvalue weighted by atomic mass is 35.5. The van der Waals surface area contributed by atoms with Crippen LogP contribution in [0.1, 0.15) is 5.56 Å². The van der Waals surface area contributed by atoms with Crippen molar-refractivity contribution in [3.8, 4) is 28.4 Å². The van der Waals surface area contributed by atoms with E-state index >= 15 is 0 Å². The Bertz CT molecular complexity index is 1470. The van der Waals surface area contributed by atoms with Gasteiger partial charge in [0.15, 0.2) is 0 Å². The molecule has 0 atom stereocenters. The molecule has 0 unspecified atom stereocenters. The van der Waals surface area contributed by atoms with E-state index in [-0.39, 0.29) is 5.75 Å². The van der Waals surface area contributed by atoms with Gasteiger partial charge in [0.05, 0.1) is 52.8 Å². The van der Waals surface area contributed by atoms with Crippen LogP contribution >= 0.6 is 11.6 Å². The number of ether oxygens (including phenoxy) is 2. The molecule has 4 rings (SSSR count). The maximum Gasteiger partial charge on any atom is 0.321 e. The summed E-state index contributed by atoms with van der Waals surface area (Å²) in [6, 6.07) is 12.0. The van der Waals surface area contributed by atoms with Gasteiger partial charge in [-0.25, -0.2) is 0 Å². The van der Waals surface area contributed by atoms with Gasteiger partial charge in [0, 0.05) is 28.9 Å². The van der Waals surface area contributed by atoms with E-state index in [2.05, 4.69) is 10.1 Å². The molecular formula is C23H17ClN4O7. The first kappa shape index (κ1) is 23.5. The molecule has 0 spiro atoms. The van der Waals surface area contributed by atoms with Crippen LogP contribution in [-0.4, -0.2) is 35.3 Å². The van der Waals surface area contributed by atoms with Crippen molar-refractivity contribution < 1.29 is 24.2 Å². The third kappa shape index (κ3) is 4.57. The lowest BCUT2D eigenvalue weighted by Gasteiger charge is -2.11. The zero-order chi connectivity index (χ0) is 25.1. The molecule has 4 aromatic rings. The summed E-state index contributed by atoms with van der Waals surface area (Å²) in [5.41, 5.74) is 1.83. The molecule has 0 aliphatic heterocycles. The number of aromatic nitrogens is 1. The number of nitro groups is 2. The first-order valence-electron chi connectivity index (χ1n) is 9.99. The Labute approximate surface area is 202 Å². The van der Waals surface area contributed by atoms with E-state index in [1.165, 1.54) is 20.4 Å². The summed E-state index contributed by atoms with van der Waals surface area (Å²) in [6.45, 7) is 0. The van der Waals surface area contributed by atoms with Crippen LogP contribution in [0, 0.1) is 20.2 Å². The van der Waals surface area contributed by atoms with Crippen molar-refractivity contribution >= 4 is 40.1 Å². The molecule has 0 radical (unpaired) electrons. The minimum absolute atomic E-state index is 0.256. The molecule has 178 valence electrons. The van der Waals surface area contributed by atoms with Crippen molar-refractivity contribution in [2.75, 3.05) is 14.2 Å². The topological polar surface area (TPSA) is 142 Å². The Kier molecular flexibility index (Phi) is 6.51. The third-order valence-electron chi connectivity index (χ3n) is 5.20. The van der Waals surface area contributed by atoms with Crippen molar-refractivity contribution in [3.63, 3.8) is 0 Å². The summed E-state index contributed by atoms with van der Waals surface area (Å²) in [5.74, 6) is 0.699. The quantitative estimate of drug-likeness (QED) is 0.186. The van der Waals surface area contributed by atoms with Crippen molar-refractivity contribution in [2.24, 2.45) is 5.16 Å². The van der Waals surface area contributed by atoms with E-state index in [1.807, 2.05) is 12.1 Å². The Morgan fingerprint density at radius 1 is 0.943 bits per heavy atom. The largest absolute Gasteiger partial charge is 0.496 e. The second-order valence-electron chi connectivity index (χ2n) is 7.15. The van der Waals surface area contributed by atoms with Crippen LogP contribution in [0.2, 0.25) is 5.02 Å². The van der Waals surface area contributed by atoms with Crippen LogP contribution in [0.15, 0.2) is 59.9 Å². The smallest absolute Gasteiger partial charge is 0.321 e. The first-order valence-corrected chi connectivity index (χ1v) is 10.4. The summed E-state index contributed by atoms with van der Waals surface area (Å²) < 4.78 is 11.1. The highest BCUT2D eigenvalue weighted by Crippen LogP contribution is 2.41. The van der Waals surface area contributed by atoms with Gasteiger partial charge in [-0.2, -0.15) is 0 Å². The molecule has 12 heteroatoms. The Balaban J connectivity index is 1.77. The molecule has 1 heterocycles. The molecular weight excluding hydrogens is 480 g/mol. The number of rotatable bonds is 8. The molecule has 0 bridgehead atoms. The zero-order valence-corrected chi connectivity index (χ0v) is 19.1. The molecule has 0 aliphatic rings. The highest BCUT2D eigenvalue weighted by Gasteiger charge is 2.22. The number of halogens is 1. The van der Waals surface area contributed by atoms with Gasteiger partial charge in [0.1, 0.15) is 11.5 Å². The lowest BCUT2D eigenvalue weighted by molar-refractivity contribution is -0.394. The first-order chi connectivity index (χ1) is 16.8. The van der Waals surface area contributed by atoms with Crippen molar-refractivity contribution in [2.45, 2.75) is 0 Å². The second-order valence-corrected chi connectivity index (χ2v) is 7.58. The van der Waals surface area contributed by atoms with E-state index in [0.29, 0.717) is 27.6 Å². The van der Waals surface area contributed by atoms with Crippen LogP contribution in [0.4, 0.5) is 11.4 Å². The number of hydrogen-bond donors (Lipinski definition) is 1. The van der Waals surface area contributed by atoms with Gasteiger partial charge in [-0.05, 0) is 23.8 Å². The minimum atomic E-state index is -0.784. The number of methoxy groups -OCH3 is 2. The van der Waals surface area contributed by atoms with Gasteiger partial charge in [-0.3, -0.25) is 20.2 Å². The number of nitrogens with zero attached hydrogens (tertiary/aromatic N) is 3. The molecule has 0 aliphatic carbocycles. The lowest BCUT2D eigenvalue weighted by Crippen LogP contribution is -1.98. The number of benzene rings is 3. The number of H-pyrrole nitrogens is 1. The van der Waals surface area contributed by atoms with E-state index < -0.39 is 21.2 Å². The maximum absolute atomic E-state index is 11.3. The van der Waals surface area contributed by atoms with Crippen LogP contribution < -0.4 is 14.3 Å². The molecule has 1 N–H and O–H groups in total. The Morgan fingerprint density at radius 3 is 2.29 bits per heavy atom. The average molecular weight is 497 g/mol. The fraction of sp³-hybridized carbons (Fsp3) is 0.0870. The zero-order valence-electron chi connectivity index (χ0n) is 18.4. The van der Waals surface area contributed by atoms with Crippen LogP contribution in [0.25, 0.3) is 22.0 Å². The fourth-order valence-electron chi connectivity index (χ4n) is 3.57. The second kappa shape index (κ2) is 9.69. The van der Waals surface area contributed by atoms with E-state index in [4.69, 9.17) is 25.9 Å². The van der Waals surface area contributed by atoms with Crippen LogP contribution in [0.5, 0.6) is 17.2 Å². The van der Waals surface area contributed by atoms with Gasteiger partial charge >= 0.3 is 5.69 Å². The Morgan fingerprint density at radius 2 is 1.66 bits per heavy atom. The van der Waals surface area contributed by atoms with E-state index in [1.54, 1.807) is 24.4 Å². The van der Waals surface area contributed by atoms with Gasteiger partial charge in [0.25, 0.3) is 5.69 Å². The van der Waals surface area contributed by atoms with Gasteiger partial charge < -0.3 is 19.3 Å². The normalized spacial score (nSPS) is 11.1. The third-order valence-corrected chi connectivity index (χ3v) is 5.45. The number of nitro benzene ring substituents is 2. The molecule has 0 saturated heterocycles. The maximum atomic E-state index is 11.3. The number of fused-ring (bicyclic) bond motifs is 1. The SMILES string of the molecule is COc1cc(OC)c2c(-c3ccc(Cl)cc3)c[nH]c2c1/C=N/Oc1ccc([N+](=O)[O-])cc1[N+](=O)[O-]. The monoisotopic (exact) mass is 496 g/mol. The summed E-state index contributed by atoms with van der Waals surface area (Å²) in [6.07, 6.45) is 3.13. The van der Waals surface area contributed by atoms with Crippen LogP contribution in [-0.2, 0) is 0 Å². The number of hydrogen-bond acceptors (Lipinski definition) is 8. The van der Waals surface area contributed by atoms with E-state index in [0.717, 1.165) is 34.7 Å². The molecule has 3 aromatic carbocycles. The number of non-ortho nitro benzene ring substituents is 1. The van der Waals surface area contributed by atoms with Gasteiger partial charge in [-0.1, -0.05) is 28.9 Å². The minimum Gasteiger partial charge on any atom is -0.496 e. The summed E-state index contributed by atoms with van der Waals surface area (Å²) in [4.78, 5) is 29.2. The highest BCUT2D eigenvalue weighted by molar-refractivity contribution is 6.30. The van der Waals surface area contributed by atoms with Crippen molar-refractivity contribution in [1.29, 1.82) is 0 Å². The number of aromatic amines is 1. The fourth-order valence-corrected chi connectivity index (χ4v) is 3.70. The summed E-state index contributed by atoms with van der Waals surface area (Å²) in [5, 5.41) is 27.5. The van der Waals surface area contributed by atoms with Gasteiger partial charge in [-0.15, -0.1) is 0 Å². The Hall–Kier alpha value is -4.64. The van der Waals surface area contributed by atoms with Gasteiger partial charge in [0.2, 0.25) is 5.75 Å². The van der Waals surface area contributed by atoms with Crippen molar-refractivity contribution in [1.82, 2.24) is 4.98 Å². The summed E-state index contributed by atoms with van der Waals surface area (Å²) in [7, 11) is 3.01. The lowest BCUT2D eigenvalue weighted by atomic mass is 10.0. The molecule has 35 heavy (non-hydrogen) atoms. The van der Waals surface area contributed by atoms with Crippen LogP contribution in [0.3, 0.4) is 0 Å². The molecule has 1 aromatic heterocycles. The molecule has 0 saturated carbocycles. The summed E-state index contributed by atoms with van der Waals surface area (Å²) >= 11 is 6.02. The van der Waals surface area contributed by atoms with E-state index in [9.17, 15) is 20.2 Å². The van der Waals surface area contributed by atoms with Crippen molar-refractivity contribution in [3.05, 3.63) is 85.5 Å². The predicted octanol–water partition coefficient (Wildman–Crippen LogP) is 5.73. The molecule has 0 amide bonds. The molecule has 0 fully saturated rings. The average Bonchev–Trinajstić information content (AvgIpc) is 3.29. The standard InChI is InChI=1S/C23H17ClN4O7/c1-33-20-10-21(34-2)22-16(13-3-5-14(24)6-4-13)11-25-23(22)17(20)12-26-35-19-8-7-15(27(29)30)9-18(19)28(31)32/h3-12,25H,1-2H3/b26-12+. The number of nitrogens with one attached hydrogen (secondary N) is 1.